The number of halogens is 1. The zero-order valence-electron chi connectivity index (χ0n) is 12.0. The molecular weight excluding hydrogens is 342 g/mol. The highest BCUT2D eigenvalue weighted by molar-refractivity contribution is 9.10. The van der Waals surface area contributed by atoms with Crippen molar-refractivity contribution in [2.45, 2.75) is 25.2 Å². The summed E-state index contributed by atoms with van der Waals surface area (Å²) in [5.74, 6) is 0.0119. The van der Waals surface area contributed by atoms with Crippen LogP contribution in [-0.4, -0.2) is 23.5 Å². The second-order valence-electron chi connectivity index (χ2n) is 5.84. The molecule has 2 atom stereocenters. The summed E-state index contributed by atoms with van der Waals surface area (Å²) in [4.78, 5) is 14.8. The molecule has 112 valence electrons. The number of carbonyl (C=O) groups excluding carboxylic acids is 1. The average Bonchev–Trinajstić information content (AvgIpc) is 2.85. The lowest BCUT2D eigenvalue weighted by molar-refractivity contribution is -0.130. The van der Waals surface area contributed by atoms with E-state index in [1.54, 1.807) is 0 Å². The Morgan fingerprint density at radius 1 is 1.14 bits per heavy atom. The minimum absolute atomic E-state index is 0.0296. The van der Waals surface area contributed by atoms with Gasteiger partial charge in [0.25, 0.3) is 0 Å². The summed E-state index contributed by atoms with van der Waals surface area (Å²) in [5, 5.41) is 0. The van der Waals surface area contributed by atoms with Gasteiger partial charge in [0, 0.05) is 17.6 Å². The quantitative estimate of drug-likeness (QED) is 0.823. The van der Waals surface area contributed by atoms with Crippen molar-refractivity contribution in [2.24, 2.45) is 0 Å². The van der Waals surface area contributed by atoms with E-state index < -0.39 is 0 Å². The number of fused-ring (bicyclic) bond motifs is 3. The fourth-order valence-electron chi connectivity index (χ4n) is 3.41. The zero-order valence-corrected chi connectivity index (χ0v) is 13.6. The van der Waals surface area contributed by atoms with Gasteiger partial charge in [0.2, 0.25) is 5.91 Å². The maximum Gasteiger partial charge on any atom is 0.233 e. The largest absolute Gasteiger partial charge is 0.370 e. The number of likely N-dealkylation sites (tertiary alicyclic amines) is 1. The Morgan fingerprint density at radius 3 is 2.77 bits per heavy atom. The van der Waals surface area contributed by atoms with Crippen LogP contribution in [0.1, 0.15) is 22.6 Å². The number of benzene rings is 2. The molecule has 0 bridgehead atoms. The van der Waals surface area contributed by atoms with E-state index in [4.69, 9.17) is 4.74 Å². The molecule has 1 saturated heterocycles. The Labute approximate surface area is 138 Å². The number of rotatable bonds is 2. The summed E-state index contributed by atoms with van der Waals surface area (Å²) in [6.07, 6.45) is -0.0296. The maximum atomic E-state index is 12.8. The molecule has 0 N–H and O–H groups in total. The number of amides is 1. The molecule has 4 heteroatoms. The van der Waals surface area contributed by atoms with E-state index in [1.807, 2.05) is 35.2 Å². The summed E-state index contributed by atoms with van der Waals surface area (Å²) in [6, 6.07) is 16.2. The van der Waals surface area contributed by atoms with E-state index in [2.05, 4.69) is 34.1 Å². The standard InChI is InChI=1S/C18H16BrNO2/c19-15-8-4-7-13-14(15)11-22-16-10-20(18(21)17(13)16)9-12-5-2-1-3-6-12/h1-8,16-17H,9-11H2/t16-,17-/m1/s1. The minimum atomic E-state index is -0.162. The van der Waals surface area contributed by atoms with Crippen LogP contribution in [-0.2, 0) is 22.7 Å². The molecule has 1 fully saturated rings. The van der Waals surface area contributed by atoms with Crippen LogP contribution < -0.4 is 0 Å². The molecule has 3 nitrogen and oxygen atoms in total. The van der Waals surface area contributed by atoms with Crippen LogP contribution in [0.5, 0.6) is 0 Å². The highest BCUT2D eigenvalue weighted by Crippen LogP contribution is 2.40. The van der Waals surface area contributed by atoms with Crippen molar-refractivity contribution < 1.29 is 9.53 Å². The van der Waals surface area contributed by atoms with Gasteiger partial charge in [-0.2, -0.15) is 0 Å². The third-order valence-corrected chi connectivity index (χ3v) is 5.24. The second-order valence-corrected chi connectivity index (χ2v) is 6.69. The van der Waals surface area contributed by atoms with Crippen LogP contribution in [0, 0.1) is 0 Å². The van der Waals surface area contributed by atoms with Gasteiger partial charge >= 0.3 is 0 Å². The van der Waals surface area contributed by atoms with Crippen LogP contribution >= 0.6 is 15.9 Å². The number of nitrogens with zero attached hydrogens (tertiary/aromatic N) is 1. The van der Waals surface area contributed by atoms with Crippen LogP contribution in [0.3, 0.4) is 0 Å². The van der Waals surface area contributed by atoms with Crippen molar-refractivity contribution in [3.63, 3.8) is 0 Å². The van der Waals surface area contributed by atoms with Crippen LogP contribution in [0.15, 0.2) is 53.0 Å². The topological polar surface area (TPSA) is 29.5 Å². The van der Waals surface area contributed by atoms with E-state index >= 15 is 0 Å². The Balaban J connectivity index is 1.63. The predicted molar refractivity (Wildman–Crippen MR) is 87.3 cm³/mol. The van der Waals surface area contributed by atoms with Gasteiger partial charge in [-0.25, -0.2) is 0 Å². The first-order chi connectivity index (χ1) is 10.7. The van der Waals surface area contributed by atoms with E-state index in [-0.39, 0.29) is 17.9 Å². The highest BCUT2D eigenvalue weighted by Gasteiger charge is 2.45. The van der Waals surface area contributed by atoms with Gasteiger partial charge < -0.3 is 9.64 Å². The number of hydrogen-bond acceptors (Lipinski definition) is 2. The minimum Gasteiger partial charge on any atom is -0.370 e. The first-order valence-corrected chi connectivity index (χ1v) is 8.25. The molecule has 22 heavy (non-hydrogen) atoms. The monoisotopic (exact) mass is 357 g/mol. The number of ether oxygens (including phenoxy) is 1. The number of carbonyl (C=O) groups is 1. The van der Waals surface area contributed by atoms with Gasteiger partial charge in [0.1, 0.15) is 0 Å². The molecule has 4 rings (SSSR count). The van der Waals surface area contributed by atoms with E-state index in [1.165, 1.54) is 0 Å². The van der Waals surface area contributed by atoms with Gasteiger partial charge in [-0.05, 0) is 22.8 Å². The normalized spacial score (nSPS) is 23.3. The molecule has 2 aliphatic heterocycles. The SMILES string of the molecule is O=C1[C@@H]2c3cccc(Br)c3CO[C@@H]2CN1Cc1ccccc1. The summed E-state index contributed by atoms with van der Waals surface area (Å²) >= 11 is 3.56. The fourth-order valence-corrected chi connectivity index (χ4v) is 3.90. The molecule has 0 aromatic heterocycles. The second kappa shape index (κ2) is 5.52. The smallest absolute Gasteiger partial charge is 0.233 e. The fraction of sp³-hybridized carbons (Fsp3) is 0.278. The summed E-state index contributed by atoms with van der Waals surface area (Å²) in [5.41, 5.74) is 3.38. The van der Waals surface area contributed by atoms with Gasteiger partial charge in [-0.3, -0.25) is 4.79 Å². The van der Waals surface area contributed by atoms with Crippen LogP contribution in [0.25, 0.3) is 0 Å². The van der Waals surface area contributed by atoms with Crippen LogP contribution in [0.4, 0.5) is 0 Å². The first kappa shape index (κ1) is 14.0. The molecule has 0 unspecified atom stereocenters. The molecule has 0 aliphatic carbocycles. The summed E-state index contributed by atoms with van der Waals surface area (Å²) < 4.78 is 6.98. The average molecular weight is 358 g/mol. The molecule has 1 amide bonds. The predicted octanol–water partition coefficient (Wildman–Crippen LogP) is 3.47. The van der Waals surface area contributed by atoms with E-state index in [9.17, 15) is 4.79 Å². The van der Waals surface area contributed by atoms with Gasteiger partial charge in [0.15, 0.2) is 0 Å². The van der Waals surface area contributed by atoms with Crippen molar-refractivity contribution in [2.75, 3.05) is 6.54 Å². The number of hydrogen-bond donors (Lipinski definition) is 0. The molecule has 0 saturated carbocycles. The summed E-state index contributed by atoms with van der Waals surface area (Å²) in [6.45, 7) is 1.90. The lowest BCUT2D eigenvalue weighted by atomic mass is 9.89. The first-order valence-electron chi connectivity index (χ1n) is 7.45. The van der Waals surface area contributed by atoms with Crippen LogP contribution in [0.2, 0.25) is 0 Å². The maximum absolute atomic E-state index is 12.8. The Morgan fingerprint density at radius 2 is 1.95 bits per heavy atom. The van der Waals surface area contributed by atoms with Gasteiger partial charge in [0.05, 0.1) is 18.6 Å². The molecule has 2 aromatic carbocycles. The molecule has 2 aromatic rings. The molecule has 2 heterocycles. The molecular formula is C18H16BrNO2. The van der Waals surface area contributed by atoms with Crippen molar-refractivity contribution in [1.82, 2.24) is 4.90 Å². The summed E-state index contributed by atoms with van der Waals surface area (Å²) in [7, 11) is 0. The lowest BCUT2D eigenvalue weighted by Crippen LogP contribution is -2.28. The highest BCUT2D eigenvalue weighted by atomic mass is 79.9. The Kier molecular flexibility index (Phi) is 3.51. The Hall–Kier alpha value is -1.65. The lowest BCUT2D eigenvalue weighted by Gasteiger charge is -2.27. The van der Waals surface area contributed by atoms with Crippen molar-refractivity contribution in [3.8, 4) is 0 Å². The molecule has 0 radical (unpaired) electrons. The van der Waals surface area contributed by atoms with Crippen molar-refractivity contribution in [3.05, 3.63) is 69.7 Å². The molecule has 2 aliphatic rings. The zero-order chi connectivity index (χ0) is 15.1. The van der Waals surface area contributed by atoms with Gasteiger partial charge in [-0.1, -0.05) is 58.4 Å². The van der Waals surface area contributed by atoms with Crippen molar-refractivity contribution in [1.29, 1.82) is 0 Å². The third kappa shape index (κ3) is 2.27. The van der Waals surface area contributed by atoms with Crippen molar-refractivity contribution >= 4 is 21.8 Å². The van der Waals surface area contributed by atoms with Gasteiger partial charge in [-0.15, -0.1) is 0 Å². The van der Waals surface area contributed by atoms with E-state index in [0.717, 1.165) is 21.2 Å². The molecule has 0 spiro atoms. The van der Waals surface area contributed by atoms with E-state index in [0.29, 0.717) is 19.7 Å². The third-order valence-electron chi connectivity index (χ3n) is 4.50. The Bertz CT molecular complexity index is 716.